The van der Waals surface area contributed by atoms with Crippen molar-refractivity contribution >= 4 is 38.3 Å². The van der Waals surface area contributed by atoms with Crippen LogP contribution in [0, 0.1) is 5.41 Å². The zero-order valence-corrected chi connectivity index (χ0v) is 14.9. The molecule has 3 aromatic heterocycles. The summed E-state index contributed by atoms with van der Waals surface area (Å²) in [5, 5.41) is 10.0. The highest BCUT2D eigenvalue weighted by molar-refractivity contribution is 7.21. The molecule has 0 aliphatic carbocycles. The highest BCUT2D eigenvalue weighted by Gasteiger charge is 2.12. The summed E-state index contributed by atoms with van der Waals surface area (Å²) < 4.78 is 5.81. The minimum Gasteiger partial charge on any atom is -0.438 e. The number of hydrogen-bond acceptors (Lipinski definition) is 6. The van der Waals surface area contributed by atoms with Gasteiger partial charge >= 0.3 is 0 Å². The Morgan fingerprint density at radius 1 is 1.16 bits per heavy atom. The maximum absolute atomic E-state index is 8.30. The van der Waals surface area contributed by atoms with Crippen molar-refractivity contribution in [3.8, 4) is 10.6 Å². The zero-order chi connectivity index (χ0) is 17.4. The van der Waals surface area contributed by atoms with Crippen molar-refractivity contribution in [3.63, 3.8) is 0 Å². The smallest absolute Gasteiger partial charge is 0.222 e. The van der Waals surface area contributed by atoms with E-state index in [0.717, 1.165) is 45.1 Å². The second kappa shape index (κ2) is 6.29. The van der Waals surface area contributed by atoms with Crippen LogP contribution >= 0.6 is 11.3 Å². The first-order valence-corrected chi connectivity index (χ1v) is 9.10. The van der Waals surface area contributed by atoms with Crippen molar-refractivity contribution in [2.75, 3.05) is 18.0 Å². The molecule has 1 aromatic carbocycles. The summed E-state index contributed by atoms with van der Waals surface area (Å²) in [6.45, 7) is 6.13. The molecule has 4 aromatic rings. The highest BCUT2D eigenvalue weighted by Crippen LogP contribution is 2.29. The van der Waals surface area contributed by atoms with E-state index >= 15 is 0 Å². The van der Waals surface area contributed by atoms with Gasteiger partial charge in [0.15, 0.2) is 0 Å². The van der Waals surface area contributed by atoms with Crippen LogP contribution in [0.4, 0.5) is 5.69 Å². The summed E-state index contributed by atoms with van der Waals surface area (Å²) in [5.74, 6) is 0. The van der Waals surface area contributed by atoms with E-state index in [-0.39, 0.29) is 5.55 Å². The number of thiazole rings is 1. The van der Waals surface area contributed by atoms with Gasteiger partial charge in [-0.15, -0.1) is 0 Å². The van der Waals surface area contributed by atoms with Gasteiger partial charge in [-0.1, -0.05) is 11.3 Å². The SMILES string of the molecule is CCN(CC)c1ccc2cc(-c3nc4cccnc4s3)c(=N)oc2c1. The average molecular weight is 350 g/mol. The van der Waals surface area contributed by atoms with Crippen LogP contribution in [-0.4, -0.2) is 23.1 Å². The summed E-state index contributed by atoms with van der Waals surface area (Å²) >= 11 is 1.48. The number of aromatic nitrogens is 2. The van der Waals surface area contributed by atoms with Gasteiger partial charge in [-0.05, 0) is 44.2 Å². The number of benzene rings is 1. The summed E-state index contributed by atoms with van der Waals surface area (Å²) in [6, 6.07) is 11.9. The molecule has 5 nitrogen and oxygen atoms in total. The zero-order valence-electron chi connectivity index (χ0n) is 14.1. The Morgan fingerprint density at radius 2 is 2.00 bits per heavy atom. The molecule has 25 heavy (non-hydrogen) atoms. The third kappa shape index (κ3) is 2.78. The standard InChI is InChI=1S/C19H18N4OS/c1-3-23(4-2)13-8-7-12-10-14(17(20)24-16(12)11-13)18-22-15-6-5-9-21-19(15)25-18/h5-11,20H,3-4H2,1-2H3. The second-order valence-corrected chi connectivity index (χ2v) is 6.71. The quantitative estimate of drug-likeness (QED) is 0.591. The first-order chi connectivity index (χ1) is 12.2. The Labute approximate surface area is 149 Å². The number of nitrogens with one attached hydrogen (secondary N) is 1. The van der Waals surface area contributed by atoms with Crippen LogP contribution in [0.3, 0.4) is 0 Å². The van der Waals surface area contributed by atoms with E-state index in [2.05, 4.69) is 34.8 Å². The molecular formula is C19H18N4OS. The molecule has 0 atom stereocenters. The van der Waals surface area contributed by atoms with E-state index in [1.165, 1.54) is 11.3 Å². The van der Waals surface area contributed by atoms with E-state index in [0.29, 0.717) is 5.56 Å². The van der Waals surface area contributed by atoms with Gasteiger partial charge in [-0.2, -0.15) is 0 Å². The largest absolute Gasteiger partial charge is 0.438 e. The molecule has 0 saturated heterocycles. The van der Waals surface area contributed by atoms with Crippen molar-refractivity contribution in [1.82, 2.24) is 9.97 Å². The fourth-order valence-corrected chi connectivity index (χ4v) is 3.87. The second-order valence-electron chi connectivity index (χ2n) is 5.73. The first kappa shape index (κ1) is 15.8. The molecule has 0 spiro atoms. The van der Waals surface area contributed by atoms with Crippen LogP contribution in [0.2, 0.25) is 0 Å². The van der Waals surface area contributed by atoms with Crippen molar-refractivity contribution in [1.29, 1.82) is 5.41 Å². The van der Waals surface area contributed by atoms with Crippen molar-refractivity contribution in [2.24, 2.45) is 0 Å². The lowest BCUT2D eigenvalue weighted by Gasteiger charge is -2.21. The molecule has 0 fully saturated rings. The minimum absolute atomic E-state index is 0.128. The number of pyridine rings is 1. The van der Waals surface area contributed by atoms with Gasteiger partial charge in [0.05, 0.1) is 5.56 Å². The number of rotatable bonds is 4. The van der Waals surface area contributed by atoms with Gasteiger partial charge in [0.2, 0.25) is 5.55 Å². The van der Waals surface area contributed by atoms with Gasteiger partial charge in [0.1, 0.15) is 20.9 Å². The molecule has 0 bridgehead atoms. The van der Waals surface area contributed by atoms with Crippen molar-refractivity contribution in [2.45, 2.75) is 13.8 Å². The Morgan fingerprint density at radius 3 is 2.76 bits per heavy atom. The molecule has 0 radical (unpaired) electrons. The van der Waals surface area contributed by atoms with E-state index in [1.807, 2.05) is 30.3 Å². The van der Waals surface area contributed by atoms with Crippen molar-refractivity contribution < 1.29 is 4.42 Å². The summed E-state index contributed by atoms with van der Waals surface area (Å²) in [5.41, 5.74) is 3.50. The lowest BCUT2D eigenvalue weighted by atomic mass is 10.1. The molecule has 6 heteroatoms. The molecule has 0 amide bonds. The fraction of sp³-hybridized carbons (Fsp3) is 0.211. The van der Waals surface area contributed by atoms with Gasteiger partial charge in [-0.3, -0.25) is 5.41 Å². The normalized spacial score (nSPS) is 11.3. The Kier molecular flexibility index (Phi) is 3.97. The Hall–Kier alpha value is -2.73. The highest BCUT2D eigenvalue weighted by atomic mass is 32.1. The third-order valence-corrected chi connectivity index (χ3v) is 5.29. The van der Waals surface area contributed by atoms with E-state index < -0.39 is 0 Å². The van der Waals surface area contributed by atoms with Crippen LogP contribution < -0.4 is 10.5 Å². The van der Waals surface area contributed by atoms with Gasteiger partial charge in [-0.25, -0.2) is 9.97 Å². The molecule has 3 heterocycles. The van der Waals surface area contributed by atoms with E-state index in [1.54, 1.807) is 6.20 Å². The van der Waals surface area contributed by atoms with Gasteiger partial charge in [0.25, 0.3) is 0 Å². The number of hydrogen-bond donors (Lipinski definition) is 1. The lowest BCUT2D eigenvalue weighted by molar-refractivity contribution is 0.536. The Balaban J connectivity index is 1.84. The topological polar surface area (TPSA) is 66.0 Å². The van der Waals surface area contributed by atoms with Crippen LogP contribution in [0.5, 0.6) is 0 Å². The molecule has 0 aliphatic rings. The molecule has 0 aliphatic heterocycles. The molecule has 1 N–H and O–H groups in total. The van der Waals surface area contributed by atoms with Crippen LogP contribution in [-0.2, 0) is 0 Å². The third-order valence-electron chi connectivity index (χ3n) is 4.28. The Bertz CT molecular complexity index is 1080. The maximum atomic E-state index is 8.30. The minimum atomic E-state index is 0.128. The molecule has 0 unspecified atom stereocenters. The molecular weight excluding hydrogens is 332 g/mol. The van der Waals surface area contributed by atoms with Crippen molar-refractivity contribution in [3.05, 3.63) is 48.1 Å². The number of nitrogens with zero attached hydrogens (tertiary/aromatic N) is 3. The molecule has 126 valence electrons. The average Bonchev–Trinajstić information content (AvgIpc) is 3.06. The predicted octanol–water partition coefficient (Wildman–Crippen LogP) is 4.43. The van der Waals surface area contributed by atoms with Gasteiger partial charge < -0.3 is 9.32 Å². The fourth-order valence-electron chi connectivity index (χ4n) is 2.95. The van der Waals surface area contributed by atoms with E-state index in [9.17, 15) is 0 Å². The van der Waals surface area contributed by atoms with Crippen LogP contribution in [0.15, 0.2) is 47.0 Å². The number of anilines is 1. The molecule has 0 saturated carbocycles. The molecule has 4 rings (SSSR count). The monoisotopic (exact) mass is 350 g/mol. The summed E-state index contributed by atoms with van der Waals surface area (Å²) in [7, 11) is 0. The van der Waals surface area contributed by atoms with Crippen LogP contribution in [0.25, 0.3) is 31.9 Å². The first-order valence-electron chi connectivity index (χ1n) is 8.29. The van der Waals surface area contributed by atoms with E-state index in [4.69, 9.17) is 9.83 Å². The number of fused-ring (bicyclic) bond motifs is 2. The summed E-state index contributed by atoms with van der Waals surface area (Å²) in [4.78, 5) is 12.0. The van der Waals surface area contributed by atoms with Crippen LogP contribution in [0.1, 0.15) is 13.8 Å². The maximum Gasteiger partial charge on any atom is 0.222 e. The predicted molar refractivity (Wildman–Crippen MR) is 102 cm³/mol. The lowest BCUT2D eigenvalue weighted by Crippen LogP contribution is -2.21. The summed E-state index contributed by atoms with van der Waals surface area (Å²) in [6.07, 6.45) is 1.76. The van der Waals surface area contributed by atoms with Gasteiger partial charge in [0, 0.05) is 36.4 Å².